The first kappa shape index (κ1) is 22.1. The quantitative estimate of drug-likeness (QED) is 0.286. The van der Waals surface area contributed by atoms with Gasteiger partial charge in [-0.15, -0.1) is 0 Å². The number of carbonyl (C=O) groups excluding carboxylic acids is 3. The second-order valence-corrected chi connectivity index (χ2v) is 7.93. The van der Waals surface area contributed by atoms with Crippen LogP contribution in [0.15, 0.2) is 29.2 Å². The molecule has 1 aromatic rings. The molecule has 1 saturated heterocycles. The molecule has 0 radical (unpaired) electrons. The number of rotatable bonds is 9. The first-order valence-corrected chi connectivity index (χ1v) is 10.4. The molecule has 0 aromatic heterocycles. The van der Waals surface area contributed by atoms with E-state index in [2.05, 4.69) is 17.0 Å². The molecule has 1 aliphatic rings. The lowest BCUT2D eigenvalue weighted by Crippen LogP contribution is -2.30. The predicted octanol–water partition coefficient (Wildman–Crippen LogP) is 3.37. The van der Waals surface area contributed by atoms with Crippen molar-refractivity contribution in [2.45, 2.75) is 32.6 Å². The fourth-order valence-corrected chi connectivity index (χ4v) is 3.88. The van der Waals surface area contributed by atoms with Crippen LogP contribution in [0.3, 0.4) is 0 Å². The van der Waals surface area contributed by atoms with E-state index in [9.17, 15) is 14.4 Å². The minimum atomic E-state index is -0.406. The van der Waals surface area contributed by atoms with Crippen LogP contribution in [0.5, 0.6) is 0 Å². The number of unbranched alkanes of at least 4 members (excludes halogenated alkanes) is 1. The molecular weight excluding hydrogens is 396 g/mol. The van der Waals surface area contributed by atoms with Crippen molar-refractivity contribution in [1.29, 1.82) is 0 Å². The maximum absolute atomic E-state index is 12.6. The Morgan fingerprint density at radius 3 is 2.61 bits per heavy atom. The lowest BCUT2D eigenvalue weighted by Gasteiger charge is -2.14. The van der Waals surface area contributed by atoms with Crippen molar-refractivity contribution in [1.82, 2.24) is 10.2 Å². The average Bonchev–Trinajstić information content (AvgIpc) is 2.95. The van der Waals surface area contributed by atoms with Gasteiger partial charge in [0, 0.05) is 19.5 Å². The zero-order chi connectivity index (χ0) is 20.5. The number of amides is 2. The molecule has 28 heavy (non-hydrogen) atoms. The average molecular weight is 421 g/mol. The zero-order valence-electron chi connectivity index (χ0n) is 16.0. The van der Waals surface area contributed by atoms with Gasteiger partial charge in [0.15, 0.2) is 0 Å². The standard InChI is InChI=1S/C20H24N2O4S2/c1-3-4-11-21-17(23)6-5-12-22-18(24)16(28-20(22)27)13-14-7-9-15(10-8-14)19(25)26-2/h7-10,13H,3-6,11-12H2,1-2H3,(H,21,23)/b16-13-. The summed E-state index contributed by atoms with van der Waals surface area (Å²) in [6, 6.07) is 6.80. The first-order valence-electron chi connectivity index (χ1n) is 9.16. The lowest BCUT2D eigenvalue weighted by molar-refractivity contribution is -0.124. The number of nitrogens with zero attached hydrogens (tertiary/aromatic N) is 1. The van der Waals surface area contributed by atoms with Gasteiger partial charge in [0.1, 0.15) is 4.32 Å². The SMILES string of the molecule is CCCCNC(=O)CCCN1C(=O)/C(=C/c2ccc(C(=O)OC)cc2)SC1=S. The summed E-state index contributed by atoms with van der Waals surface area (Å²) in [4.78, 5) is 37.9. The van der Waals surface area contributed by atoms with E-state index in [4.69, 9.17) is 12.2 Å². The largest absolute Gasteiger partial charge is 0.465 e. The number of thioether (sulfide) groups is 1. The lowest BCUT2D eigenvalue weighted by atomic mass is 10.1. The van der Waals surface area contributed by atoms with Gasteiger partial charge in [-0.3, -0.25) is 14.5 Å². The van der Waals surface area contributed by atoms with Crippen LogP contribution in [-0.4, -0.2) is 47.2 Å². The number of benzene rings is 1. The second-order valence-electron chi connectivity index (χ2n) is 6.25. The number of esters is 1. The molecule has 0 bridgehead atoms. The zero-order valence-corrected chi connectivity index (χ0v) is 17.7. The second kappa shape index (κ2) is 11.0. The van der Waals surface area contributed by atoms with Gasteiger partial charge in [0.2, 0.25) is 5.91 Å². The Morgan fingerprint density at radius 1 is 1.25 bits per heavy atom. The Morgan fingerprint density at radius 2 is 1.96 bits per heavy atom. The molecule has 0 aliphatic carbocycles. The van der Waals surface area contributed by atoms with E-state index in [1.165, 1.54) is 23.8 Å². The molecule has 1 aromatic carbocycles. The van der Waals surface area contributed by atoms with Crippen LogP contribution in [-0.2, 0) is 14.3 Å². The Hall–Kier alpha value is -2.19. The third kappa shape index (κ3) is 6.17. The topological polar surface area (TPSA) is 75.7 Å². The van der Waals surface area contributed by atoms with Crippen LogP contribution in [0, 0.1) is 0 Å². The highest BCUT2D eigenvalue weighted by molar-refractivity contribution is 8.26. The minimum Gasteiger partial charge on any atom is -0.465 e. The molecule has 6 nitrogen and oxygen atoms in total. The maximum Gasteiger partial charge on any atom is 0.337 e. The smallest absolute Gasteiger partial charge is 0.337 e. The molecule has 150 valence electrons. The van der Waals surface area contributed by atoms with Crippen LogP contribution in [0.2, 0.25) is 0 Å². The normalized spacial score (nSPS) is 15.2. The summed E-state index contributed by atoms with van der Waals surface area (Å²) in [5.41, 5.74) is 1.24. The molecule has 0 saturated carbocycles. The molecule has 1 fully saturated rings. The summed E-state index contributed by atoms with van der Waals surface area (Å²) >= 11 is 6.56. The highest BCUT2D eigenvalue weighted by Gasteiger charge is 2.31. The van der Waals surface area contributed by atoms with Crippen molar-refractivity contribution in [2.75, 3.05) is 20.2 Å². The molecule has 0 spiro atoms. The van der Waals surface area contributed by atoms with E-state index in [1.807, 2.05) is 0 Å². The van der Waals surface area contributed by atoms with E-state index < -0.39 is 5.97 Å². The van der Waals surface area contributed by atoms with Gasteiger partial charge in [-0.1, -0.05) is 49.5 Å². The number of carbonyl (C=O) groups is 3. The Balaban J connectivity index is 1.91. The van der Waals surface area contributed by atoms with Crippen LogP contribution in [0.4, 0.5) is 0 Å². The number of nitrogens with one attached hydrogen (secondary N) is 1. The highest BCUT2D eigenvalue weighted by atomic mass is 32.2. The van der Waals surface area contributed by atoms with Gasteiger partial charge >= 0.3 is 5.97 Å². The fourth-order valence-electron chi connectivity index (χ4n) is 2.57. The van der Waals surface area contributed by atoms with E-state index in [0.717, 1.165) is 18.4 Å². The van der Waals surface area contributed by atoms with Gasteiger partial charge in [0.05, 0.1) is 17.6 Å². The minimum absolute atomic E-state index is 0.000119. The molecule has 8 heteroatoms. The van der Waals surface area contributed by atoms with Crippen molar-refractivity contribution in [2.24, 2.45) is 0 Å². The summed E-state index contributed by atoms with van der Waals surface area (Å²) in [6.07, 6.45) is 4.68. The molecule has 2 rings (SSSR count). The van der Waals surface area contributed by atoms with Gasteiger partial charge in [-0.2, -0.15) is 0 Å². The van der Waals surface area contributed by atoms with Gasteiger partial charge in [-0.05, 0) is 36.6 Å². The van der Waals surface area contributed by atoms with Crippen molar-refractivity contribution in [3.8, 4) is 0 Å². The molecule has 0 unspecified atom stereocenters. The highest BCUT2D eigenvalue weighted by Crippen LogP contribution is 2.32. The van der Waals surface area contributed by atoms with Crippen molar-refractivity contribution >= 4 is 52.2 Å². The number of hydrogen-bond acceptors (Lipinski definition) is 6. The summed E-state index contributed by atoms with van der Waals surface area (Å²) in [7, 11) is 1.33. The summed E-state index contributed by atoms with van der Waals surface area (Å²) in [6.45, 7) is 3.18. The summed E-state index contributed by atoms with van der Waals surface area (Å²) in [5.74, 6) is -0.560. The number of ether oxygens (including phenoxy) is 1. The number of methoxy groups -OCH3 is 1. The van der Waals surface area contributed by atoms with Crippen LogP contribution >= 0.6 is 24.0 Å². The van der Waals surface area contributed by atoms with Crippen molar-refractivity contribution < 1.29 is 19.1 Å². The molecule has 1 heterocycles. The molecule has 1 N–H and O–H groups in total. The predicted molar refractivity (Wildman–Crippen MR) is 115 cm³/mol. The van der Waals surface area contributed by atoms with Crippen LogP contribution in [0.25, 0.3) is 6.08 Å². The Labute approximate surface area is 174 Å². The number of hydrogen-bond donors (Lipinski definition) is 1. The third-order valence-corrected chi connectivity index (χ3v) is 5.52. The van der Waals surface area contributed by atoms with Gasteiger partial charge in [0.25, 0.3) is 5.91 Å². The molecule has 1 aliphatic heterocycles. The number of thiocarbonyl (C=S) groups is 1. The summed E-state index contributed by atoms with van der Waals surface area (Å²) < 4.78 is 5.17. The Bertz CT molecular complexity index is 775. The van der Waals surface area contributed by atoms with Crippen molar-refractivity contribution in [3.63, 3.8) is 0 Å². The summed E-state index contributed by atoms with van der Waals surface area (Å²) in [5, 5.41) is 2.86. The third-order valence-electron chi connectivity index (χ3n) is 4.14. The molecule has 0 atom stereocenters. The van der Waals surface area contributed by atoms with E-state index in [0.29, 0.717) is 40.7 Å². The monoisotopic (exact) mass is 420 g/mol. The molecule has 2 amide bonds. The Kier molecular flexibility index (Phi) is 8.66. The van der Waals surface area contributed by atoms with Gasteiger partial charge in [-0.25, -0.2) is 4.79 Å². The van der Waals surface area contributed by atoms with E-state index in [1.54, 1.807) is 30.3 Å². The van der Waals surface area contributed by atoms with E-state index in [-0.39, 0.29) is 11.8 Å². The van der Waals surface area contributed by atoms with Crippen LogP contribution in [0.1, 0.15) is 48.5 Å². The van der Waals surface area contributed by atoms with Crippen LogP contribution < -0.4 is 5.32 Å². The van der Waals surface area contributed by atoms with Gasteiger partial charge < -0.3 is 10.1 Å². The maximum atomic E-state index is 12.6. The fraction of sp³-hybridized carbons (Fsp3) is 0.400. The molecular formula is C20H24N2O4S2. The van der Waals surface area contributed by atoms with E-state index >= 15 is 0 Å². The van der Waals surface area contributed by atoms with Crippen molar-refractivity contribution in [3.05, 3.63) is 40.3 Å². The first-order chi connectivity index (χ1) is 13.5.